The van der Waals surface area contributed by atoms with Crippen molar-refractivity contribution >= 4 is 17.5 Å². The van der Waals surface area contributed by atoms with Crippen molar-refractivity contribution in [3.05, 3.63) is 77.4 Å². The van der Waals surface area contributed by atoms with Gasteiger partial charge in [0.2, 0.25) is 6.79 Å². The first-order valence-corrected chi connectivity index (χ1v) is 11.9. The van der Waals surface area contributed by atoms with Crippen LogP contribution in [0.4, 0.5) is 5.69 Å². The van der Waals surface area contributed by atoms with Crippen LogP contribution in [0.2, 0.25) is 0 Å². The van der Waals surface area contributed by atoms with E-state index in [0.717, 1.165) is 27.9 Å². The second-order valence-corrected chi connectivity index (χ2v) is 8.56. The Hall–Kier alpha value is -3.84. The van der Waals surface area contributed by atoms with Crippen LogP contribution in [0, 0.1) is 0 Å². The number of amides is 2. The number of carbonyl (C=O) groups is 2. The molecule has 180 valence electrons. The van der Waals surface area contributed by atoms with E-state index in [9.17, 15) is 9.59 Å². The van der Waals surface area contributed by atoms with Crippen LogP contribution in [-0.2, 0) is 22.7 Å². The Morgan fingerprint density at radius 2 is 1.71 bits per heavy atom. The fourth-order valence-corrected chi connectivity index (χ4v) is 4.52. The topological polar surface area (TPSA) is 68.3 Å². The van der Waals surface area contributed by atoms with Crippen molar-refractivity contribution in [1.82, 2.24) is 4.90 Å². The molecule has 0 aromatic heterocycles. The first-order chi connectivity index (χ1) is 17.1. The van der Waals surface area contributed by atoms with Crippen LogP contribution in [-0.4, -0.2) is 43.2 Å². The van der Waals surface area contributed by atoms with Gasteiger partial charge in [-0.1, -0.05) is 24.3 Å². The normalized spacial score (nSPS) is 14.5. The standard InChI is InChI=1S/C28H28N2O5/c1-3-29(4-2)28(32)22-7-5-6-20(13-22)21-9-10-24-23(14-21)16-33-17-27(31)30(24)15-19-8-11-25-26(12-19)35-18-34-25/h5-14H,3-4,15-18H2,1-2H3. The molecular weight excluding hydrogens is 444 g/mol. The molecule has 2 heterocycles. The van der Waals surface area contributed by atoms with Gasteiger partial charge in [-0.3, -0.25) is 9.59 Å². The predicted octanol–water partition coefficient (Wildman–Crippen LogP) is 4.63. The van der Waals surface area contributed by atoms with Crippen molar-refractivity contribution in [1.29, 1.82) is 0 Å². The highest BCUT2D eigenvalue weighted by atomic mass is 16.7. The number of hydrogen-bond donors (Lipinski definition) is 0. The lowest BCUT2D eigenvalue weighted by atomic mass is 9.99. The number of benzene rings is 3. The van der Waals surface area contributed by atoms with E-state index in [1.807, 2.05) is 79.4 Å². The molecule has 0 fully saturated rings. The number of fused-ring (bicyclic) bond motifs is 2. The molecule has 35 heavy (non-hydrogen) atoms. The Labute approximate surface area is 204 Å². The molecule has 0 bridgehead atoms. The number of anilines is 1. The fraction of sp³-hybridized carbons (Fsp3) is 0.286. The van der Waals surface area contributed by atoms with Crippen molar-refractivity contribution in [2.24, 2.45) is 0 Å². The number of ether oxygens (including phenoxy) is 3. The van der Waals surface area contributed by atoms with Crippen molar-refractivity contribution in [2.45, 2.75) is 27.0 Å². The Morgan fingerprint density at radius 3 is 2.54 bits per heavy atom. The van der Waals surface area contributed by atoms with E-state index >= 15 is 0 Å². The van der Waals surface area contributed by atoms with Gasteiger partial charge in [0.1, 0.15) is 6.61 Å². The van der Waals surface area contributed by atoms with Crippen LogP contribution < -0.4 is 14.4 Å². The summed E-state index contributed by atoms with van der Waals surface area (Å²) in [4.78, 5) is 29.3. The molecule has 0 atom stereocenters. The quantitative estimate of drug-likeness (QED) is 0.523. The van der Waals surface area contributed by atoms with Crippen LogP contribution in [0.1, 0.15) is 35.3 Å². The summed E-state index contributed by atoms with van der Waals surface area (Å²) in [6.45, 7) is 6.27. The lowest BCUT2D eigenvalue weighted by Crippen LogP contribution is -2.32. The van der Waals surface area contributed by atoms with Crippen LogP contribution in [0.25, 0.3) is 11.1 Å². The summed E-state index contributed by atoms with van der Waals surface area (Å²) in [7, 11) is 0. The molecule has 5 rings (SSSR count). The van der Waals surface area contributed by atoms with Gasteiger partial charge >= 0.3 is 0 Å². The maximum Gasteiger partial charge on any atom is 0.253 e. The zero-order valence-corrected chi connectivity index (χ0v) is 20.0. The molecule has 0 saturated carbocycles. The Morgan fingerprint density at radius 1 is 0.914 bits per heavy atom. The first kappa shape index (κ1) is 22.9. The number of rotatable bonds is 6. The monoisotopic (exact) mass is 472 g/mol. The minimum atomic E-state index is -0.0963. The lowest BCUT2D eigenvalue weighted by Gasteiger charge is -2.23. The Balaban J connectivity index is 1.45. The molecule has 0 unspecified atom stereocenters. The Kier molecular flexibility index (Phi) is 6.42. The maximum absolute atomic E-state index is 12.9. The van der Waals surface area contributed by atoms with Crippen LogP contribution in [0.3, 0.4) is 0 Å². The third kappa shape index (κ3) is 4.59. The molecule has 2 aliphatic rings. The van der Waals surface area contributed by atoms with E-state index in [1.54, 1.807) is 4.90 Å². The van der Waals surface area contributed by atoms with Crippen LogP contribution >= 0.6 is 0 Å². The third-order valence-corrected chi connectivity index (χ3v) is 6.43. The van der Waals surface area contributed by atoms with E-state index in [1.165, 1.54) is 0 Å². The van der Waals surface area contributed by atoms with E-state index in [-0.39, 0.29) is 25.2 Å². The summed E-state index contributed by atoms with van der Waals surface area (Å²) in [5.74, 6) is 1.33. The summed E-state index contributed by atoms with van der Waals surface area (Å²) in [5, 5.41) is 0. The molecular formula is C28H28N2O5. The second-order valence-electron chi connectivity index (χ2n) is 8.56. The zero-order chi connectivity index (χ0) is 24.4. The largest absolute Gasteiger partial charge is 0.454 e. The molecule has 2 amide bonds. The third-order valence-electron chi connectivity index (χ3n) is 6.43. The highest BCUT2D eigenvalue weighted by Crippen LogP contribution is 2.35. The second kappa shape index (κ2) is 9.80. The summed E-state index contributed by atoms with van der Waals surface area (Å²) >= 11 is 0. The van der Waals surface area contributed by atoms with Crippen molar-refractivity contribution in [3.63, 3.8) is 0 Å². The molecule has 7 nitrogen and oxygen atoms in total. The van der Waals surface area contributed by atoms with Gasteiger partial charge < -0.3 is 24.0 Å². The summed E-state index contributed by atoms with van der Waals surface area (Å²) < 4.78 is 16.6. The lowest BCUT2D eigenvalue weighted by molar-refractivity contribution is -0.123. The highest BCUT2D eigenvalue weighted by molar-refractivity contribution is 5.97. The minimum Gasteiger partial charge on any atom is -0.454 e. The van der Waals surface area contributed by atoms with Crippen LogP contribution in [0.5, 0.6) is 11.5 Å². The van der Waals surface area contributed by atoms with Gasteiger partial charge in [-0.25, -0.2) is 0 Å². The van der Waals surface area contributed by atoms with E-state index in [2.05, 4.69) is 0 Å². The predicted molar refractivity (Wildman–Crippen MR) is 133 cm³/mol. The molecule has 0 N–H and O–H groups in total. The molecule has 0 spiro atoms. The van der Waals surface area contributed by atoms with Crippen LogP contribution in [0.15, 0.2) is 60.7 Å². The summed E-state index contributed by atoms with van der Waals surface area (Å²) in [6.07, 6.45) is 0. The molecule has 0 aliphatic carbocycles. The minimum absolute atomic E-state index is 0.0163. The fourth-order valence-electron chi connectivity index (χ4n) is 4.52. The molecule has 3 aromatic carbocycles. The molecule has 0 radical (unpaired) electrons. The van der Waals surface area contributed by atoms with E-state index in [0.29, 0.717) is 43.3 Å². The maximum atomic E-state index is 12.9. The number of nitrogens with zero attached hydrogens (tertiary/aromatic N) is 2. The molecule has 0 saturated heterocycles. The van der Waals surface area contributed by atoms with Gasteiger partial charge in [-0.05, 0) is 66.9 Å². The van der Waals surface area contributed by atoms with Crippen molar-refractivity contribution in [2.75, 3.05) is 31.4 Å². The average Bonchev–Trinajstić information content (AvgIpc) is 3.30. The summed E-state index contributed by atoms with van der Waals surface area (Å²) in [5.41, 5.74) is 5.28. The number of carbonyl (C=O) groups excluding carboxylic acids is 2. The smallest absolute Gasteiger partial charge is 0.253 e. The van der Waals surface area contributed by atoms with Gasteiger partial charge in [-0.2, -0.15) is 0 Å². The van der Waals surface area contributed by atoms with Gasteiger partial charge in [0, 0.05) is 29.9 Å². The van der Waals surface area contributed by atoms with Crippen molar-refractivity contribution < 1.29 is 23.8 Å². The Bertz CT molecular complexity index is 1270. The highest BCUT2D eigenvalue weighted by Gasteiger charge is 2.24. The van der Waals surface area contributed by atoms with Gasteiger partial charge in [-0.15, -0.1) is 0 Å². The number of hydrogen-bond acceptors (Lipinski definition) is 5. The SMILES string of the molecule is CCN(CC)C(=O)c1cccc(-c2ccc3c(c2)COCC(=O)N3Cc2ccc3c(c2)OCO3)c1. The molecule has 3 aromatic rings. The molecule has 7 heteroatoms. The van der Waals surface area contributed by atoms with Gasteiger partial charge in [0.15, 0.2) is 11.5 Å². The summed E-state index contributed by atoms with van der Waals surface area (Å²) in [6, 6.07) is 19.4. The van der Waals surface area contributed by atoms with Crippen molar-refractivity contribution in [3.8, 4) is 22.6 Å². The van der Waals surface area contributed by atoms with E-state index < -0.39 is 0 Å². The first-order valence-electron chi connectivity index (χ1n) is 11.9. The average molecular weight is 473 g/mol. The van der Waals surface area contributed by atoms with Gasteiger partial charge in [0.05, 0.1) is 13.2 Å². The molecule has 2 aliphatic heterocycles. The zero-order valence-electron chi connectivity index (χ0n) is 20.0. The van der Waals surface area contributed by atoms with Gasteiger partial charge in [0.25, 0.3) is 11.8 Å². The van der Waals surface area contributed by atoms with E-state index in [4.69, 9.17) is 14.2 Å².